The molecule has 1 unspecified atom stereocenters. The predicted octanol–water partition coefficient (Wildman–Crippen LogP) is 3.58. The molecule has 0 N–H and O–H groups in total. The lowest BCUT2D eigenvalue weighted by Crippen LogP contribution is -2.33. The number of likely N-dealkylation sites (N-methyl/N-ethyl adjacent to an activating group) is 1. The Kier molecular flexibility index (Phi) is 4.92. The highest BCUT2D eigenvalue weighted by Gasteiger charge is 2.32. The Hall–Kier alpha value is -1.22. The van der Waals surface area contributed by atoms with Gasteiger partial charge in [0, 0.05) is 18.7 Å². The molecule has 3 nitrogen and oxygen atoms in total. The SMILES string of the molecule is COc1cccc(OCCN(C)C2CCC(C)(C)C2)c1. The van der Waals surface area contributed by atoms with Crippen LogP contribution in [0.15, 0.2) is 24.3 Å². The van der Waals surface area contributed by atoms with Gasteiger partial charge in [-0.05, 0) is 43.9 Å². The normalized spacial score (nSPS) is 21.1. The summed E-state index contributed by atoms with van der Waals surface area (Å²) in [5.41, 5.74) is 0.507. The van der Waals surface area contributed by atoms with E-state index in [1.54, 1.807) is 7.11 Å². The molecule has 0 amide bonds. The summed E-state index contributed by atoms with van der Waals surface area (Å²) in [7, 11) is 3.88. The molecule has 1 saturated carbocycles. The fourth-order valence-electron chi connectivity index (χ4n) is 2.96. The minimum atomic E-state index is 0.507. The van der Waals surface area contributed by atoms with Gasteiger partial charge in [-0.25, -0.2) is 0 Å². The lowest BCUT2D eigenvalue weighted by Gasteiger charge is -2.25. The van der Waals surface area contributed by atoms with E-state index in [1.807, 2.05) is 24.3 Å². The fourth-order valence-corrected chi connectivity index (χ4v) is 2.96. The number of ether oxygens (including phenoxy) is 2. The van der Waals surface area contributed by atoms with Crippen LogP contribution in [0.1, 0.15) is 33.1 Å². The van der Waals surface area contributed by atoms with Crippen LogP contribution in [0.2, 0.25) is 0 Å². The van der Waals surface area contributed by atoms with Gasteiger partial charge in [0.2, 0.25) is 0 Å². The molecular weight excluding hydrogens is 250 g/mol. The maximum Gasteiger partial charge on any atom is 0.123 e. The minimum absolute atomic E-state index is 0.507. The molecule has 1 aromatic rings. The zero-order valence-corrected chi connectivity index (χ0v) is 13.2. The van der Waals surface area contributed by atoms with Crippen LogP contribution in [0.3, 0.4) is 0 Å². The van der Waals surface area contributed by atoms with Crippen molar-refractivity contribution in [2.75, 3.05) is 27.3 Å². The van der Waals surface area contributed by atoms with Crippen LogP contribution in [-0.2, 0) is 0 Å². The third kappa shape index (κ3) is 4.14. The smallest absolute Gasteiger partial charge is 0.123 e. The molecule has 112 valence electrons. The highest BCUT2D eigenvalue weighted by atomic mass is 16.5. The van der Waals surface area contributed by atoms with Gasteiger partial charge in [-0.15, -0.1) is 0 Å². The topological polar surface area (TPSA) is 21.7 Å². The van der Waals surface area contributed by atoms with Crippen LogP contribution in [0.25, 0.3) is 0 Å². The van der Waals surface area contributed by atoms with E-state index in [1.165, 1.54) is 19.3 Å². The van der Waals surface area contributed by atoms with E-state index in [0.717, 1.165) is 24.7 Å². The third-order valence-corrected chi connectivity index (χ3v) is 4.32. The monoisotopic (exact) mass is 277 g/mol. The van der Waals surface area contributed by atoms with Gasteiger partial charge in [0.05, 0.1) is 7.11 Å². The number of benzene rings is 1. The number of rotatable bonds is 6. The first-order valence-electron chi connectivity index (χ1n) is 7.47. The van der Waals surface area contributed by atoms with E-state index in [4.69, 9.17) is 9.47 Å². The van der Waals surface area contributed by atoms with Crippen molar-refractivity contribution in [3.63, 3.8) is 0 Å². The van der Waals surface area contributed by atoms with E-state index in [2.05, 4.69) is 25.8 Å². The number of nitrogens with zero attached hydrogens (tertiary/aromatic N) is 1. The average Bonchev–Trinajstić information content (AvgIpc) is 2.79. The zero-order valence-electron chi connectivity index (χ0n) is 13.2. The highest BCUT2D eigenvalue weighted by molar-refractivity contribution is 5.32. The molecule has 1 aliphatic rings. The molecule has 0 aromatic heterocycles. The predicted molar refractivity (Wildman–Crippen MR) is 82.5 cm³/mol. The van der Waals surface area contributed by atoms with Crippen molar-refractivity contribution in [3.8, 4) is 11.5 Å². The van der Waals surface area contributed by atoms with Crippen molar-refractivity contribution in [2.24, 2.45) is 5.41 Å². The summed E-state index contributed by atoms with van der Waals surface area (Å²) in [4.78, 5) is 2.44. The third-order valence-electron chi connectivity index (χ3n) is 4.32. The molecule has 1 fully saturated rings. The summed E-state index contributed by atoms with van der Waals surface area (Å²) in [6.07, 6.45) is 3.93. The second-order valence-corrected chi connectivity index (χ2v) is 6.57. The van der Waals surface area contributed by atoms with Gasteiger partial charge >= 0.3 is 0 Å². The van der Waals surface area contributed by atoms with Crippen molar-refractivity contribution in [3.05, 3.63) is 24.3 Å². The molecule has 0 radical (unpaired) electrons. The van der Waals surface area contributed by atoms with Crippen LogP contribution in [0.5, 0.6) is 11.5 Å². The molecule has 0 aliphatic heterocycles. The summed E-state index contributed by atoms with van der Waals surface area (Å²) in [5, 5.41) is 0. The molecule has 0 heterocycles. The molecule has 1 aliphatic carbocycles. The van der Waals surface area contributed by atoms with Crippen molar-refractivity contribution in [1.82, 2.24) is 4.90 Å². The molecule has 3 heteroatoms. The fraction of sp³-hybridized carbons (Fsp3) is 0.647. The van der Waals surface area contributed by atoms with Crippen LogP contribution in [0, 0.1) is 5.41 Å². The van der Waals surface area contributed by atoms with Gasteiger partial charge in [-0.1, -0.05) is 19.9 Å². The van der Waals surface area contributed by atoms with Gasteiger partial charge < -0.3 is 14.4 Å². The van der Waals surface area contributed by atoms with Gasteiger partial charge in [0.25, 0.3) is 0 Å². The van der Waals surface area contributed by atoms with Gasteiger partial charge in [-0.3, -0.25) is 0 Å². The second-order valence-electron chi connectivity index (χ2n) is 6.57. The summed E-state index contributed by atoms with van der Waals surface area (Å²) in [6, 6.07) is 8.50. The summed E-state index contributed by atoms with van der Waals surface area (Å²) < 4.78 is 11.0. The highest BCUT2D eigenvalue weighted by Crippen LogP contribution is 2.38. The molecule has 20 heavy (non-hydrogen) atoms. The van der Waals surface area contributed by atoms with E-state index < -0.39 is 0 Å². The quantitative estimate of drug-likeness (QED) is 0.793. The molecule has 1 atom stereocenters. The number of hydrogen-bond acceptors (Lipinski definition) is 3. The Morgan fingerprint density at radius 2 is 2.05 bits per heavy atom. The molecule has 0 saturated heterocycles. The first kappa shape index (κ1) is 15.2. The average molecular weight is 277 g/mol. The number of hydrogen-bond donors (Lipinski definition) is 0. The standard InChI is InChI=1S/C17H27NO2/c1-17(2)9-8-14(13-17)18(3)10-11-20-16-7-5-6-15(12-16)19-4/h5-7,12,14H,8-11,13H2,1-4H3. The van der Waals surface area contributed by atoms with Crippen LogP contribution in [0.4, 0.5) is 0 Å². The van der Waals surface area contributed by atoms with Gasteiger partial charge in [0.1, 0.15) is 18.1 Å². The lowest BCUT2D eigenvalue weighted by molar-refractivity contribution is 0.183. The largest absolute Gasteiger partial charge is 0.497 e. The lowest BCUT2D eigenvalue weighted by atomic mass is 9.91. The van der Waals surface area contributed by atoms with E-state index in [9.17, 15) is 0 Å². The maximum absolute atomic E-state index is 5.81. The Morgan fingerprint density at radius 1 is 1.30 bits per heavy atom. The Bertz CT molecular complexity index is 431. The Balaban J connectivity index is 1.75. The maximum atomic E-state index is 5.81. The molecule has 2 rings (SSSR count). The zero-order chi connectivity index (χ0) is 14.6. The first-order chi connectivity index (χ1) is 9.50. The van der Waals surface area contributed by atoms with Gasteiger partial charge in [-0.2, -0.15) is 0 Å². The summed E-state index contributed by atoms with van der Waals surface area (Å²) in [6.45, 7) is 6.43. The summed E-state index contributed by atoms with van der Waals surface area (Å²) >= 11 is 0. The van der Waals surface area contributed by atoms with Crippen molar-refractivity contribution in [1.29, 1.82) is 0 Å². The van der Waals surface area contributed by atoms with Crippen molar-refractivity contribution >= 4 is 0 Å². The van der Waals surface area contributed by atoms with Crippen LogP contribution >= 0.6 is 0 Å². The second kappa shape index (κ2) is 6.49. The Labute approximate surface area is 122 Å². The van der Waals surface area contributed by atoms with Crippen molar-refractivity contribution in [2.45, 2.75) is 39.2 Å². The Morgan fingerprint density at radius 3 is 2.70 bits per heavy atom. The van der Waals surface area contributed by atoms with Gasteiger partial charge in [0.15, 0.2) is 0 Å². The molecular formula is C17H27NO2. The first-order valence-corrected chi connectivity index (χ1v) is 7.47. The molecule has 0 spiro atoms. The molecule has 0 bridgehead atoms. The van der Waals surface area contributed by atoms with Crippen molar-refractivity contribution < 1.29 is 9.47 Å². The van der Waals surface area contributed by atoms with E-state index in [-0.39, 0.29) is 0 Å². The summed E-state index contributed by atoms with van der Waals surface area (Å²) in [5.74, 6) is 1.72. The van der Waals surface area contributed by atoms with E-state index >= 15 is 0 Å². The molecule has 1 aromatic carbocycles. The minimum Gasteiger partial charge on any atom is -0.497 e. The number of methoxy groups -OCH3 is 1. The van der Waals surface area contributed by atoms with Crippen LogP contribution < -0.4 is 9.47 Å². The van der Waals surface area contributed by atoms with Crippen LogP contribution in [-0.4, -0.2) is 38.3 Å². The van der Waals surface area contributed by atoms with E-state index in [0.29, 0.717) is 11.5 Å².